The Morgan fingerprint density at radius 1 is 0.568 bits per heavy atom. The molecular formula is C37H36N4O2S. The van der Waals surface area contributed by atoms with Crippen molar-refractivity contribution in [3.8, 4) is 11.5 Å². The van der Waals surface area contributed by atoms with Gasteiger partial charge in [-0.15, -0.1) is 0 Å². The molecule has 44 heavy (non-hydrogen) atoms. The summed E-state index contributed by atoms with van der Waals surface area (Å²) in [7, 11) is 3.37. The van der Waals surface area contributed by atoms with Gasteiger partial charge in [-0.05, 0) is 84.3 Å². The van der Waals surface area contributed by atoms with Crippen LogP contribution in [0.4, 0.5) is 17.1 Å². The normalized spacial score (nSPS) is 11.5. The van der Waals surface area contributed by atoms with E-state index in [9.17, 15) is 0 Å². The van der Waals surface area contributed by atoms with Gasteiger partial charge >= 0.3 is 0 Å². The highest BCUT2D eigenvalue weighted by Gasteiger charge is 2.15. The molecule has 5 aromatic rings. The topological polar surface area (TPSA) is 58.8 Å². The molecule has 222 valence electrons. The molecule has 5 aromatic carbocycles. The SMILES string of the molecule is COc1ccc(CN(Cc2ccc(OC)cc2)C(=Nc2ccc(N=Nc3ccc(C)cc3)cc2)SCc2ccccc2)cc1. The van der Waals surface area contributed by atoms with Crippen molar-refractivity contribution in [1.82, 2.24) is 4.90 Å². The summed E-state index contributed by atoms with van der Waals surface area (Å²) in [5.41, 5.74) is 7.22. The van der Waals surface area contributed by atoms with Gasteiger partial charge in [-0.25, -0.2) is 4.99 Å². The molecule has 0 amide bonds. The number of hydrogen-bond acceptors (Lipinski definition) is 6. The van der Waals surface area contributed by atoms with E-state index in [1.54, 1.807) is 26.0 Å². The number of rotatable bonds is 11. The van der Waals surface area contributed by atoms with E-state index in [2.05, 4.69) is 70.6 Å². The summed E-state index contributed by atoms with van der Waals surface area (Å²) in [4.78, 5) is 7.51. The van der Waals surface area contributed by atoms with Gasteiger partial charge in [0.1, 0.15) is 11.5 Å². The number of azo groups is 1. The second-order valence-corrected chi connectivity index (χ2v) is 11.2. The van der Waals surface area contributed by atoms with Crippen molar-refractivity contribution in [2.75, 3.05) is 14.2 Å². The molecule has 0 aliphatic rings. The first-order valence-electron chi connectivity index (χ1n) is 14.4. The van der Waals surface area contributed by atoms with Crippen molar-refractivity contribution in [1.29, 1.82) is 0 Å². The van der Waals surface area contributed by atoms with E-state index in [1.165, 1.54) is 22.3 Å². The van der Waals surface area contributed by atoms with Gasteiger partial charge in [0.25, 0.3) is 0 Å². The molecule has 0 N–H and O–H groups in total. The highest BCUT2D eigenvalue weighted by molar-refractivity contribution is 8.13. The van der Waals surface area contributed by atoms with E-state index < -0.39 is 0 Å². The fourth-order valence-corrected chi connectivity index (χ4v) is 5.41. The fourth-order valence-electron chi connectivity index (χ4n) is 4.44. The number of methoxy groups -OCH3 is 2. The number of ether oxygens (including phenoxy) is 2. The molecule has 6 nitrogen and oxygen atoms in total. The highest BCUT2D eigenvalue weighted by atomic mass is 32.2. The predicted octanol–water partition coefficient (Wildman–Crippen LogP) is 10.1. The number of aryl methyl sites for hydroxylation is 1. The zero-order valence-electron chi connectivity index (χ0n) is 25.3. The number of hydrogen-bond donors (Lipinski definition) is 0. The first kappa shape index (κ1) is 30.6. The highest BCUT2D eigenvalue weighted by Crippen LogP contribution is 2.27. The minimum absolute atomic E-state index is 0.680. The summed E-state index contributed by atoms with van der Waals surface area (Å²) < 4.78 is 10.8. The lowest BCUT2D eigenvalue weighted by molar-refractivity contribution is 0.405. The predicted molar refractivity (Wildman–Crippen MR) is 182 cm³/mol. The molecule has 0 bridgehead atoms. The van der Waals surface area contributed by atoms with E-state index >= 15 is 0 Å². The molecule has 0 heterocycles. The molecule has 0 fully saturated rings. The summed E-state index contributed by atoms with van der Waals surface area (Å²) in [6, 6.07) is 42.8. The number of thioether (sulfide) groups is 1. The van der Waals surface area contributed by atoms with Gasteiger partial charge < -0.3 is 14.4 Å². The second-order valence-electron chi connectivity index (χ2n) is 10.3. The molecule has 5 rings (SSSR count). The lowest BCUT2D eigenvalue weighted by atomic mass is 10.1. The molecular weight excluding hydrogens is 565 g/mol. The van der Waals surface area contributed by atoms with Gasteiger partial charge in [-0.3, -0.25) is 0 Å². The Labute approximate surface area is 264 Å². The van der Waals surface area contributed by atoms with E-state index in [0.29, 0.717) is 13.1 Å². The zero-order valence-corrected chi connectivity index (χ0v) is 26.1. The van der Waals surface area contributed by atoms with Crippen LogP contribution in [0.1, 0.15) is 22.3 Å². The van der Waals surface area contributed by atoms with Crippen molar-refractivity contribution in [2.24, 2.45) is 15.2 Å². The summed E-state index contributed by atoms with van der Waals surface area (Å²) in [6.45, 7) is 3.42. The van der Waals surface area contributed by atoms with Crippen LogP contribution in [0, 0.1) is 6.92 Å². The summed E-state index contributed by atoms with van der Waals surface area (Å²) in [5.74, 6) is 2.47. The maximum Gasteiger partial charge on any atom is 0.165 e. The Morgan fingerprint density at radius 2 is 1.05 bits per heavy atom. The number of amidine groups is 1. The Morgan fingerprint density at radius 3 is 1.55 bits per heavy atom. The summed E-state index contributed by atoms with van der Waals surface area (Å²) in [5, 5.41) is 9.72. The molecule has 0 unspecified atom stereocenters. The van der Waals surface area contributed by atoms with Crippen LogP contribution < -0.4 is 9.47 Å². The van der Waals surface area contributed by atoms with Crippen molar-refractivity contribution in [3.05, 3.63) is 150 Å². The van der Waals surface area contributed by atoms with Gasteiger partial charge in [0.05, 0.1) is 31.3 Å². The molecule has 0 radical (unpaired) electrons. The third-order valence-corrected chi connectivity index (χ3v) is 8.02. The summed E-state index contributed by atoms with van der Waals surface area (Å²) >= 11 is 1.73. The van der Waals surface area contributed by atoms with Crippen LogP contribution in [-0.4, -0.2) is 24.3 Å². The van der Waals surface area contributed by atoms with Crippen molar-refractivity contribution in [3.63, 3.8) is 0 Å². The lowest BCUT2D eigenvalue weighted by Gasteiger charge is -2.26. The van der Waals surface area contributed by atoms with Gasteiger partial charge in [0.2, 0.25) is 0 Å². The smallest absolute Gasteiger partial charge is 0.165 e. The number of benzene rings is 5. The van der Waals surface area contributed by atoms with Gasteiger partial charge in [-0.1, -0.05) is 84.1 Å². The molecule has 7 heteroatoms. The zero-order chi connectivity index (χ0) is 30.6. The minimum Gasteiger partial charge on any atom is -0.497 e. The van der Waals surface area contributed by atoms with Gasteiger partial charge in [0.15, 0.2) is 5.17 Å². The number of nitrogens with zero attached hydrogens (tertiary/aromatic N) is 4. The first-order valence-corrected chi connectivity index (χ1v) is 15.4. The van der Waals surface area contributed by atoms with E-state index in [-0.39, 0.29) is 0 Å². The third kappa shape index (κ3) is 9.06. The van der Waals surface area contributed by atoms with E-state index in [4.69, 9.17) is 14.5 Å². The van der Waals surface area contributed by atoms with Crippen LogP contribution in [0.15, 0.2) is 143 Å². The van der Waals surface area contributed by atoms with Crippen LogP contribution in [-0.2, 0) is 18.8 Å². The fraction of sp³-hybridized carbons (Fsp3) is 0.162. The van der Waals surface area contributed by atoms with Crippen molar-refractivity contribution < 1.29 is 9.47 Å². The Hall–Kier alpha value is -4.88. The van der Waals surface area contributed by atoms with Crippen molar-refractivity contribution >= 4 is 34.0 Å². The third-order valence-electron chi connectivity index (χ3n) is 6.94. The Kier molecular flexibility index (Phi) is 10.8. The van der Waals surface area contributed by atoms with Gasteiger partial charge in [-0.2, -0.15) is 10.2 Å². The average molecular weight is 601 g/mol. The largest absolute Gasteiger partial charge is 0.497 e. The molecule has 0 atom stereocenters. The quantitative estimate of drug-likeness (QED) is 0.0860. The van der Waals surface area contributed by atoms with Crippen LogP contribution in [0.3, 0.4) is 0 Å². The Balaban J connectivity index is 1.45. The van der Waals surface area contributed by atoms with Crippen LogP contribution in [0.5, 0.6) is 11.5 Å². The maximum absolute atomic E-state index is 5.39. The Bertz CT molecular complexity index is 1600. The molecule has 0 aliphatic heterocycles. The van der Waals surface area contributed by atoms with Crippen LogP contribution >= 0.6 is 11.8 Å². The van der Waals surface area contributed by atoms with E-state index in [1.807, 2.05) is 78.9 Å². The van der Waals surface area contributed by atoms with Crippen LogP contribution in [0.2, 0.25) is 0 Å². The molecule has 0 saturated carbocycles. The monoisotopic (exact) mass is 600 g/mol. The minimum atomic E-state index is 0.680. The van der Waals surface area contributed by atoms with Crippen molar-refractivity contribution in [2.45, 2.75) is 25.8 Å². The van der Waals surface area contributed by atoms with Gasteiger partial charge in [0, 0.05) is 18.8 Å². The summed E-state index contributed by atoms with van der Waals surface area (Å²) in [6.07, 6.45) is 0. The molecule has 0 aromatic heterocycles. The lowest BCUT2D eigenvalue weighted by Crippen LogP contribution is -2.28. The standard InChI is InChI=1S/C37H36N4O2S/c1-28-9-15-33(16-10-28)39-40-34-19-17-32(18-20-34)38-37(44-27-31-7-5-4-6-8-31)41(25-29-11-21-35(42-2)22-12-29)26-30-13-23-36(43-3)24-14-30/h4-24H,25-27H2,1-3H3. The molecule has 0 aliphatic carbocycles. The second kappa shape index (κ2) is 15.5. The van der Waals surface area contributed by atoms with E-state index in [0.717, 1.165) is 39.5 Å². The number of aliphatic imine (C=N–C) groups is 1. The van der Waals surface area contributed by atoms with Crippen LogP contribution in [0.25, 0.3) is 0 Å². The first-order chi connectivity index (χ1) is 21.6. The average Bonchev–Trinajstić information content (AvgIpc) is 3.08. The molecule has 0 spiro atoms. The maximum atomic E-state index is 5.39. The molecule has 0 saturated heterocycles.